The smallest absolute Gasteiger partial charge is 0.271 e. The molecule has 0 aromatic carbocycles. The van der Waals surface area contributed by atoms with Crippen molar-refractivity contribution in [3.8, 4) is 0 Å². The van der Waals surface area contributed by atoms with Gasteiger partial charge in [-0.15, -0.1) is 0 Å². The van der Waals surface area contributed by atoms with Crippen molar-refractivity contribution in [3.63, 3.8) is 0 Å². The molecule has 2 heterocycles. The zero-order chi connectivity index (χ0) is 16.5. The standard InChI is InChI=1S/C15H19N3O3S2/c1-21-7-6-18-14(19)3-2-13(17-18)15(20)16-5-9-23-11-12-4-8-22-10-12/h2-4,8,10H,5-7,9,11H2,1H3,(H,16,20). The topological polar surface area (TPSA) is 73.2 Å². The molecule has 0 aliphatic rings. The number of rotatable bonds is 9. The number of carbonyl (C=O) groups is 1. The highest BCUT2D eigenvalue weighted by Gasteiger charge is 2.09. The molecule has 0 aliphatic heterocycles. The Balaban J connectivity index is 1.77. The number of amides is 1. The molecule has 0 unspecified atom stereocenters. The number of aromatic nitrogens is 2. The van der Waals surface area contributed by atoms with E-state index < -0.39 is 0 Å². The summed E-state index contributed by atoms with van der Waals surface area (Å²) in [6, 6.07) is 4.89. The summed E-state index contributed by atoms with van der Waals surface area (Å²) in [7, 11) is 1.55. The fourth-order valence-corrected chi connectivity index (χ4v) is 3.38. The second kappa shape index (κ2) is 9.49. The van der Waals surface area contributed by atoms with Crippen LogP contribution in [0.25, 0.3) is 0 Å². The fourth-order valence-electron chi connectivity index (χ4n) is 1.80. The van der Waals surface area contributed by atoms with E-state index in [0.717, 1.165) is 11.5 Å². The number of thiophene rings is 1. The van der Waals surface area contributed by atoms with Gasteiger partial charge in [0.25, 0.3) is 11.5 Å². The SMILES string of the molecule is COCCn1nc(C(=O)NCCSCc2ccsc2)ccc1=O. The normalized spacial score (nSPS) is 10.7. The van der Waals surface area contributed by atoms with E-state index in [1.807, 2.05) is 0 Å². The molecule has 0 radical (unpaired) electrons. The molecule has 0 fully saturated rings. The number of methoxy groups -OCH3 is 1. The molecular formula is C15H19N3O3S2. The highest BCUT2D eigenvalue weighted by atomic mass is 32.2. The van der Waals surface area contributed by atoms with Gasteiger partial charge in [0, 0.05) is 31.2 Å². The molecule has 124 valence electrons. The van der Waals surface area contributed by atoms with E-state index in [1.165, 1.54) is 22.4 Å². The summed E-state index contributed by atoms with van der Waals surface area (Å²) in [6.45, 7) is 1.26. The lowest BCUT2D eigenvalue weighted by Gasteiger charge is -2.07. The predicted molar refractivity (Wildman–Crippen MR) is 93.2 cm³/mol. The van der Waals surface area contributed by atoms with Gasteiger partial charge in [0.2, 0.25) is 0 Å². The maximum Gasteiger partial charge on any atom is 0.271 e. The molecule has 2 rings (SSSR count). The van der Waals surface area contributed by atoms with Crippen LogP contribution in [0.3, 0.4) is 0 Å². The van der Waals surface area contributed by atoms with E-state index in [4.69, 9.17) is 4.74 Å². The van der Waals surface area contributed by atoms with Gasteiger partial charge >= 0.3 is 0 Å². The van der Waals surface area contributed by atoms with Crippen LogP contribution in [0.5, 0.6) is 0 Å². The first-order valence-electron chi connectivity index (χ1n) is 7.15. The van der Waals surface area contributed by atoms with Crippen LogP contribution in [0, 0.1) is 0 Å². The third-order valence-electron chi connectivity index (χ3n) is 2.99. The first kappa shape index (κ1) is 17.7. The van der Waals surface area contributed by atoms with Crippen molar-refractivity contribution in [2.75, 3.05) is 26.0 Å². The molecular weight excluding hydrogens is 334 g/mol. The monoisotopic (exact) mass is 353 g/mol. The van der Waals surface area contributed by atoms with Gasteiger partial charge in [-0.05, 0) is 28.5 Å². The summed E-state index contributed by atoms with van der Waals surface area (Å²) in [6.07, 6.45) is 0. The van der Waals surface area contributed by atoms with Gasteiger partial charge in [-0.3, -0.25) is 9.59 Å². The Morgan fingerprint density at radius 2 is 2.30 bits per heavy atom. The Bertz CT molecular complexity index is 671. The number of hydrogen-bond donors (Lipinski definition) is 1. The number of nitrogens with zero attached hydrogens (tertiary/aromatic N) is 2. The average Bonchev–Trinajstić information content (AvgIpc) is 3.07. The number of ether oxygens (including phenoxy) is 1. The Hall–Kier alpha value is -1.64. The van der Waals surface area contributed by atoms with Gasteiger partial charge in [0.1, 0.15) is 5.69 Å². The molecule has 2 aromatic heterocycles. The summed E-state index contributed by atoms with van der Waals surface area (Å²) in [4.78, 5) is 23.7. The predicted octanol–water partition coefficient (Wildman–Crippen LogP) is 1.61. The first-order valence-corrected chi connectivity index (χ1v) is 9.24. The maximum atomic E-state index is 12.0. The minimum atomic E-state index is -0.271. The van der Waals surface area contributed by atoms with Crippen LogP contribution in [0.2, 0.25) is 0 Å². The minimum Gasteiger partial charge on any atom is -0.383 e. The molecule has 0 bridgehead atoms. The Morgan fingerprint density at radius 3 is 3.04 bits per heavy atom. The van der Waals surface area contributed by atoms with Gasteiger partial charge in [-0.2, -0.15) is 28.2 Å². The van der Waals surface area contributed by atoms with Crippen LogP contribution in [0.15, 0.2) is 33.8 Å². The fraction of sp³-hybridized carbons (Fsp3) is 0.400. The minimum absolute atomic E-state index is 0.239. The van der Waals surface area contributed by atoms with Crippen LogP contribution in [-0.2, 0) is 17.0 Å². The summed E-state index contributed by atoms with van der Waals surface area (Å²) >= 11 is 3.45. The zero-order valence-electron chi connectivity index (χ0n) is 12.9. The summed E-state index contributed by atoms with van der Waals surface area (Å²) in [5.41, 5.74) is 1.30. The molecule has 0 aliphatic carbocycles. The third-order valence-corrected chi connectivity index (χ3v) is 4.75. The average molecular weight is 353 g/mol. The van der Waals surface area contributed by atoms with Crippen LogP contribution in [0.4, 0.5) is 0 Å². The molecule has 1 amide bonds. The quantitative estimate of drug-likeness (QED) is 0.694. The number of carbonyl (C=O) groups excluding carboxylic acids is 1. The van der Waals surface area contributed by atoms with Gasteiger partial charge in [0.05, 0.1) is 13.2 Å². The molecule has 0 spiro atoms. The lowest BCUT2D eigenvalue weighted by molar-refractivity contribution is 0.0947. The molecule has 2 aromatic rings. The molecule has 0 atom stereocenters. The highest BCUT2D eigenvalue weighted by molar-refractivity contribution is 7.98. The summed E-state index contributed by atoms with van der Waals surface area (Å²) in [5.74, 6) is 1.50. The van der Waals surface area contributed by atoms with Crippen molar-refractivity contribution >= 4 is 29.0 Å². The van der Waals surface area contributed by atoms with E-state index in [1.54, 1.807) is 30.2 Å². The number of nitrogens with one attached hydrogen (secondary N) is 1. The van der Waals surface area contributed by atoms with E-state index in [9.17, 15) is 9.59 Å². The van der Waals surface area contributed by atoms with Crippen molar-refractivity contribution < 1.29 is 9.53 Å². The van der Waals surface area contributed by atoms with E-state index in [2.05, 4.69) is 27.2 Å². The van der Waals surface area contributed by atoms with Gasteiger partial charge in [-0.25, -0.2) is 4.68 Å². The van der Waals surface area contributed by atoms with Crippen LogP contribution in [0.1, 0.15) is 16.1 Å². The van der Waals surface area contributed by atoms with Gasteiger partial charge in [-0.1, -0.05) is 0 Å². The largest absolute Gasteiger partial charge is 0.383 e. The van der Waals surface area contributed by atoms with Crippen molar-refractivity contribution in [1.82, 2.24) is 15.1 Å². The molecule has 8 heteroatoms. The van der Waals surface area contributed by atoms with E-state index >= 15 is 0 Å². The van der Waals surface area contributed by atoms with E-state index in [0.29, 0.717) is 19.7 Å². The van der Waals surface area contributed by atoms with Crippen LogP contribution >= 0.6 is 23.1 Å². The van der Waals surface area contributed by atoms with Crippen molar-refractivity contribution in [2.24, 2.45) is 0 Å². The summed E-state index contributed by atoms with van der Waals surface area (Å²) in [5, 5.41) is 11.1. The number of hydrogen-bond acceptors (Lipinski definition) is 6. The second-order valence-electron chi connectivity index (χ2n) is 4.71. The lowest BCUT2D eigenvalue weighted by Crippen LogP contribution is -2.31. The Kier molecular flexibility index (Phi) is 7.31. The Morgan fingerprint density at radius 1 is 1.43 bits per heavy atom. The Labute approximate surface area is 142 Å². The molecule has 23 heavy (non-hydrogen) atoms. The van der Waals surface area contributed by atoms with Crippen molar-refractivity contribution in [2.45, 2.75) is 12.3 Å². The third kappa shape index (κ3) is 5.81. The molecule has 0 saturated carbocycles. The van der Waals surface area contributed by atoms with Crippen molar-refractivity contribution in [1.29, 1.82) is 0 Å². The maximum absolute atomic E-state index is 12.0. The van der Waals surface area contributed by atoms with Crippen molar-refractivity contribution in [3.05, 3.63) is 50.6 Å². The highest BCUT2D eigenvalue weighted by Crippen LogP contribution is 2.14. The molecule has 1 N–H and O–H groups in total. The second-order valence-corrected chi connectivity index (χ2v) is 6.60. The van der Waals surface area contributed by atoms with Gasteiger partial charge < -0.3 is 10.1 Å². The van der Waals surface area contributed by atoms with Crippen LogP contribution < -0.4 is 10.9 Å². The summed E-state index contributed by atoms with van der Waals surface area (Å²) < 4.78 is 6.16. The van der Waals surface area contributed by atoms with E-state index in [-0.39, 0.29) is 17.2 Å². The first-order chi connectivity index (χ1) is 11.2. The molecule has 0 saturated heterocycles. The zero-order valence-corrected chi connectivity index (χ0v) is 14.5. The molecule has 6 nitrogen and oxygen atoms in total. The lowest BCUT2D eigenvalue weighted by atomic mass is 10.3. The van der Waals surface area contributed by atoms with Gasteiger partial charge in [0.15, 0.2) is 0 Å². The van der Waals surface area contributed by atoms with Crippen LogP contribution in [-0.4, -0.2) is 41.7 Å². The number of thioether (sulfide) groups is 1.